The molecule has 1 N–H and O–H groups in total. The second-order valence-electron chi connectivity index (χ2n) is 5.88. The summed E-state index contributed by atoms with van der Waals surface area (Å²) in [6.45, 7) is 6.08. The maximum absolute atomic E-state index is 12.0. The highest BCUT2D eigenvalue weighted by Gasteiger charge is 2.27. The minimum atomic E-state index is -4.31. The summed E-state index contributed by atoms with van der Waals surface area (Å²) < 4.78 is 36.4. The fourth-order valence-electron chi connectivity index (χ4n) is 2.02. The van der Waals surface area contributed by atoms with Gasteiger partial charge in [0.2, 0.25) is 0 Å². The van der Waals surface area contributed by atoms with Crippen LogP contribution in [0.1, 0.15) is 32.0 Å². The number of ether oxygens (including phenoxy) is 1. The summed E-state index contributed by atoms with van der Waals surface area (Å²) in [6, 6.07) is 2.79. The molecule has 0 bridgehead atoms. The highest BCUT2D eigenvalue weighted by molar-refractivity contribution is 7.85. The third kappa shape index (κ3) is 3.92. The molecule has 0 aliphatic carbocycles. The number of nitrogens with zero attached hydrogens (tertiary/aromatic N) is 2. The molecule has 1 amide bonds. The summed E-state index contributed by atoms with van der Waals surface area (Å²) in [7, 11) is -4.31. The van der Waals surface area contributed by atoms with Gasteiger partial charge < -0.3 is 9.64 Å². The van der Waals surface area contributed by atoms with Crippen molar-refractivity contribution in [2.75, 3.05) is 6.54 Å². The Balaban J connectivity index is 2.17. The van der Waals surface area contributed by atoms with E-state index in [-0.39, 0.29) is 5.03 Å². The molecule has 0 aromatic carbocycles. The van der Waals surface area contributed by atoms with Crippen LogP contribution in [-0.4, -0.2) is 41.1 Å². The SMILES string of the molecule is CC(C)(C)OC(=O)N1CCc2nc(S(=O)(=O)O)ccc2C1. The van der Waals surface area contributed by atoms with Crippen LogP contribution in [0.15, 0.2) is 17.2 Å². The zero-order valence-corrected chi connectivity index (χ0v) is 13.0. The molecule has 1 aromatic heterocycles. The van der Waals surface area contributed by atoms with Crippen molar-refractivity contribution >= 4 is 16.2 Å². The number of fused-ring (bicyclic) bond motifs is 1. The van der Waals surface area contributed by atoms with Gasteiger partial charge in [0.25, 0.3) is 0 Å². The number of aromatic nitrogens is 1. The summed E-state index contributed by atoms with van der Waals surface area (Å²) in [5.41, 5.74) is 0.759. The number of carbonyl (C=O) groups is 1. The van der Waals surface area contributed by atoms with Gasteiger partial charge in [-0.1, -0.05) is 6.07 Å². The lowest BCUT2D eigenvalue weighted by atomic mass is 10.1. The highest BCUT2D eigenvalue weighted by Crippen LogP contribution is 2.21. The van der Waals surface area contributed by atoms with E-state index >= 15 is 0 Å². The van der Waals surface area contributed by atoms with E-state index in [1.54, 1.807) is 31.7 Å². The van der Waals surface area contributed by atoms with Crippen LogP contribution in [0, 0.1) is 0 Å². The van der Waals surface area contributed by atoms with Gasteiger partial charge in [0.1, 0.15) is 5.60 Å². The van der Waals surface area contributed by atoms with Crippen LogP contribution in [-0.2, 0) is 27.8 Å². The van der Waals surface area contributed by atoms with E-state index < -0.39 is 21.8 Å². The Morgan fingerprint density at radius 1 is 1.38 bits per heavy atom. The van der Waals surface area contributed by atoms with Crippen LogP contribution in [0.3, 0.4) is 0 Å². The molecule has 0 unspecified atom stereocenters. The maximum Gasteiger partial charge on any atom is 0.410 e. The number of hydrogen-bond acceptors (Lipinski definition) is 5. The number of carbonyl (C=O) groups excluding carboxylic acids is 1. The Labute approximate surface area is 123 Å². The first-order chi connectivity index (χ1) is 9.56. The lowest BCUT2D eigenvalue weighted by Gasteiger charge is -2.30. The molecule has 0 saturated heterocycles. The van der Waals surface area contributed by atoms with E-state index in [2.05, 4.69) is 4.98 Å². The molecule has 21 heavy (non-hydrogen) atoms. The minimum absolute atomic E-state index is 0.309. The summed E-state index contributed by atoms with van der Waals surface area (Å²) in [6.07, 6.45) is 0.00444. The van der Waals surface area contributed by atoms with Gasteiger partial charge in [-0.15, -0.1) is 0 Å². The molecule has 0 radical (unpaired) electrons. The molecular formula is C13H18N2O5S. The fraction of sp³-hybridized carbons (Fsp3) is 0.538. The lowest BCUT2D eigenvalue weighted by molar-refractivity contribution is 0.0222. The summed E-state index contributed by atoms with van der Waals surface area (Å²) in [4.78, 5) is 17.5. The van der Waals surface area contributed by atoms with Crippen LogP contribution in [0.25, 0.3) is 0 Å². The molecule has 2 rings (SSSR count). The quantitative estimate of drug-likeness (QED) is 0.791. The van der Waals surface area contributed by atoms with Crippen molar-refractivity contribution in [1.82, 2.24) is 9.88 Å². The molecule has 0 spiro atoms. The van der Waals surface area contributed by atoms with Crippen molar-refractivity contribution in [3.8, 4) is 0 Å². The number of pyridine rings is 1. The monoisotopic (exact) mass is 314 g/mol. The van der Waals surface area contributed by atoms with Gasteiger partial charge >= 0.3 is 16.2 Å². The maximum atomic E-state index is 12.0. The van der Waals surface area contributed by atoms with Crippen LogP contribution >= 0.6 is 0 Å². The van der Waals surface area contributed by atoms with Gasteiger partial charge in [0.05, 0.1) is 6.54 Å². The zero-order chi connectivity index (χ0) is 15.8. The first kappa shape index (κ1) is 15.7. The lowest BCUT2D eigenvalue weighted by Crippen LogP contribution is -2.40. The standard InChI is InChI=1S/C13H18N2O5S/c1-13(2,3)20-12(16)15-7-6-10-9(8-15)4-5-11(14-10)21(17,18)19/h4-5H,6-8H2,1-3H3,(H,17,18,19). The first-order valence-corrected chi connectivity index (χ1v) is 7.94. The van der Waals surface area contributed by atoms with Gasteiger partial charge in [-0.3, -0.25) is 4.55 Å². The normalized spacial score (nSPS) is 15.5. The van der Waals surface area contributed by atoms with Crippen LogP contribution < -0.4 is 0 Å². The Kier molecular flexibility index (Phi) is 3.94. The van der Waals surface area contributed by atoms with Gasteiger partial charge in [-0.05, 0) is 32.4 Å². The third-order valence-corrected chi connectivity index (χ3v) is 3.69. The second-order valence-corrected chi connectivity index (χ2v) is 7.25. The largest absolute Gasteiger partial charge is 0.444 e. The third-order valence-electron chi connectivity index (χ3n) is 2.94. The van der Waals surface area contributed by atoms with E-state index in [1.807, 2.05) is 0 Å². The molecule has 0 saturated carbocycles. The minimum Gasteiger partial charge on any atom is -0.444 e. The van der Waals surface area contributed by atoms with Gasteiger partial charge in [-0.2, -0.15) is 8.42 Å². The highest BCUT2D eigenvalue weighted by atomic mass is 32.2. The molecule has 8 heteroatoms. The summed E-state index contributed by atoms with van der Waals surface area (Å²) in [5.74, 6) is 0. The predicted octanol–water partition coefficient (Wildman–Crippen LogP) is 1.62. The molecule has 0 fully saturated rings. The molecule has 1 aromatic rings. The summed E-state index contributed by atoms with van der Waals surface area (Å²) >= 11 is 0. The molecule has 1 aliphatic heterocycles. The molecule has 2 heterocycles. The average Bonchev–Trinajstić information content (AvgIpc) is 2.34. The van der Waals surface area contributed by atoms with Crippen molar-refractivity contribution in [3.05, 3.63) is 23.4 Å². The Morgan fingerprint density at radius 2 is 2.05 bits per heavy atom. The van der Waals surface area contributed by atoms with Crippen molar-refractivity contribution < 1.29 is 22.5 Å². The van der Waals surface area contributed by atoms with Crippen LogP contribution in [0.4, 0.5) is 4.79 Å². The molecular weight excluding hydrogens is 296 g/mol. The number of rotatable bonds is 1. The predicted molar refractivity (Wildman–Crippen MR) is 74.4 cm³/mol. The Hall–Kier alpha value is -1.67. The Morgan fingerprint density at radius 3 is 2.62 bits per heavy atom. The van der Waals surface area contributed by atoms with Crippen molar-refractivity contribution in [2.45, 2.75) is 44.4 Å². The zero-order valence-electron chi connectivity index (χ0n) is 12.2. The van der Waals surface area contributed by atoms with E-state index in [0.717, 1.165) is 5.56 Å². The average molecular weight is 314 g/mol. The number of hydrogen-bond donors (Lipinski definition) is 1. The molecule has 1 aliphatic rings. The molecule has 0 atom stereocenters. The van der Waals surface area contributed by atoms with Crippen molar-refractivity contribution in [2.24, 2.45) is 0 Å². The number of amides is 1. The fourth-order valence-corrected chi connectivity index (χ4v) is 2.49. The van der Waals surface area contributed by atoms with Crippen molar-refractivity contribution in [3.63, 3.8) is 0 Å². The van der Waals surface area contributed by atoms with E-state index in [4.69, 9.17) is 9.29 Å². The van der Waals surface area contributed by atoms with Gasteiger partial charge in [0, 0.05) is 18.7 Å². The first-order valence-electron chi connectivity index (χ1n) is 6.50. The van der Waals surface area contributed by atoms with E-state index in [9.17, 15) is 13.2 Å². The van der Waals surface area contributed by atoms with Crippen molar-refractivity contribution in [1.29, 1.82) is 0 Å². The van der Waals surface area contributed by atoms with Gasteiger partial charge in [-0.25, -0.2) is 9.78 Å². The van der Waals surface area contributed by atoms with E-state index in [1.165, 1.54) is 6.07 Å². The second kappa shape index (κ2) is 5.27. The summed E-state index contributed by atoms with van der Waals surface area (Å²) in [5, 5.41) is -0.369. The van der Waals surface area contributed by atoms with Gasteiger partial charge in [0.15, 0.2) is 5.03 Å². The molecule has 7 nitrogen and oxygen atoms in total. The molecule has 116 valence electrons. The van der Waals surface area contributed by atoms with E-state index in [0.29, 0.717) is 25.2 Å². The smallest absolute Gasteiger partial charge is 0.410 e. The van der Waals surface area contributed by atoms with Crippen LogP contribution in [0.5, 0.6) is 0 Å². The van der Waals surface area contributed by atoms with Crippen LogP contribution in [0.2, 0.25) is 0 Å². The Bertz CT molecular complexity index is 664. The topological polar surface area (TPSA) is 96.8 Å².